The molecule has 0 aliphatic carbocycles. The van der Waals surface area contributed by atoms with Crippen LogP contribution in [0.25, 0.3) is 0 Å². The van der Waals surface area contributed by atoms with Gasteiger partial charge in [0, 0.05) is 19.2 Å². The van der Waals surface area contributed by atoms with Crippen molar-refractivity contribution in [1.29, 1.82) is 0 Å². The van der Waals surface area contributed by atoms with Gasteiger partial charge >= 0.3 is 0 Å². The molecule has 0 amide bonds. The summed E-state index contributed by atoms with van der Waals surface area (Å²) < 4.78 is 16.2. The van der Waals surface area contributed by atoms with Crippen LogP contribution in [0, 0.1) is 0 Å². The van der Waals surface area contributed by atoms with Gasteiger partial charge in [-0.3, -0.25) is 0 Å². The number of nitrogens with one attached hydrogen (secondary N) is 1. The van der Waals surface area contributed by atoms with E-state index in [1.807, 2.05) is 30.3 Å². The van der Waals surface area contributed by atoms with Gasteiger partial charge in [0.2, 0.25) is 0 Å². The second kappa shape index (κ2) is 7.29. The third kappa shape index (κ3) is 3.59. The number of rotatable bonds is 7. The first-order chi connectivity index (χ1) is 10.9. The van der Waals surface area contributed by atoms with Crippen LogP contribution in [0.1, 0.15) is 17.2 Å². The summed E-state index contributed by atoms with van der Waals surface area (Å²) in [6.07, 6.45) is 0. The highest BCUT2D eigenvalue weighted by Crippen LogP contribution is 2.31. The Labute approximate surface area is 131 Å². The molecule has 22 heavy (non-hydrogen) atoms. The number of ether oxygens (including phenoxy) is 3. The van der Waals surface area contributed by atoms with E-state index in [2.05, 4.69) is 23.5 Å². The Hall–Kier alpha value is -2.04. The van der Waals surface area contributed by atoms with E-state index in [1.165, 1.54) is 11.1 Å². The number of fused-ring (bicyclic) bond motifs is 1. The Balaban J connectivity index is 1.52. The zero-order chi connectivity index (χ0) is 15.2. The lowest BCUT2D eigenvalue weighted by Crippen LogP contribution is -2.21. The van der Waals surface area contributed by atoms with E-state index < -0.39 is 0 Å². The van der Waals surface area contributed by atoms with E-state index in [0.29, 0.717) is 19.8 Å². The molecule has 0 radical (unpaired) electrons. The fourth-order valence-corrected chi connectivity index (χ4v) is 2.52. The highest BCUT2D eigenvalue weighted by atomic mass is 16.5. The van der Waals surface area contributed by atoms with Crippen molar-refractivity contribution in [2.75, 3.05) is 26.9 Å². The molecule has 4 heteroatoms. The molecule has 0 unspecified atom stereocenters. The summed E-state index contributed by atoms with van der Waals surface area (Å²) in [5.41, 5.74) is 2.46. The molecule has 1 aliphatic heterocycles. The Morgan fingerprint density at radius 3 is 2.73 bits per heavy atom. The summed E-state index contributed by atoms with van der Waals surface area (Å²) in [6.45, 7) is 2.67. The van der Waals surface area contributed by atoms with Gasteiger partial charge in [0.15, 0.2) is 0 Å². The van der Waals surface area contributed by atoms with Crippen molar-refractivity contribution in [3.8, 4) is 11.5 Å². The minimum absolute atomic E-state index is 0.258. The molecular weight excluding hydrogens is 278 g/mol. The summed E-state index contributed by atoms with van der Waals surface area (Å²) in [4.78, 5) is 0. The molecule has 0 spiro atoms. The number of hydrogen-bond donors (Lipinski definition) is 1. The van der Waals surface area contributed by atoms with E-state index >= 15 is 0 Å². The van der Waals surface area contributed by atoms with Crippen LogP contribution in [0.3, 0.4) is 0 Å². The number of para-hydroxylation sites is 1. The molecule has 0 fully saturated rings. The van der Waals surface area contributed by atoms with Crippen LogP contribution in [-0.2, 0) is 11.3 Å². The predicted molar refractivity (Wildman–Crippen MR) is 85.3 cm³/mol. The first-order valence-corrected chi connectivity index (χ1v) is 7.52. The average Bonchev–Trinajstić information content (AvgIpc) is 2.98. The van der Waals surface area contributed by atoms with Gasteiger partial charge in [-0.1, -0.05) is 30.3 Å². The fraction of sp³-hybridized carbons (Fsp3) is 0.333. The Morgan fingerprint density at radius 1 is 1.09 bits per heavy atom. The maximum Gasteiger partial charge on any atom is 0.124 e. The van der Waals surface area contributed by atoms with Gasteiger partial charge in [-0.25, -0.2) is 0 Å². The summed E-state index contributed by atoms with van der Waals surface area (Å²) in [7, 11) is 1.67. The summed E-state index contributed by atoms with van der Waals surface area (Å²) in [6, 6.07) is 16.6. The van der Waals surface area contributed by atoms with Crippen LogP contribution >= 0.6 is 0 Å². The van der Waals surface area contributed by atoms with E-state index in [-0.39, 0.29) is 6.04 Å². The second-order valence-electron chi connectivity index (χ2n) is 5.27. The van der Waals surface area contributed by atoms with Gasteiger partial charge in [0.25, 0.3) is 0 Å². The Bertz CT molecular complexity index is 598. The average molecular weight is 299 g/mol. The van der Waals surface area contributed by atoms with E-state index in [4.69, 9.17) is 14.2 Å². The summed E-state index contributed by atoms with van der Waals surface area (Å²) in [5, 5.41) is 3.54. The van der Waals surface area contributed by atoms with Crippen LogP contribution in [0.4, 0.5) is 0 Å². The fourth-order valence-electron chi connectivity index (χ4n) is 2.52. The van der Waals surface area contributed by atoms with Crippen molar-refractivity contribution in [3.63, 3.8) is 0 Å². The molecule has 1 aliphatic rings. The van der Waals surface area contributed by atoms with E-state index in [0.717, 1.165) is 18.0 Å². The predicted octanol–water partition coefficient (Wildman–Crippen LogP) is 2.94. The first-order valence-electron chi connectivity index (χ1n) is 7.52. The molecule has 0 aromatic heterocycles. The minimum Gasteiger partial charge on any atom is -0.491 e. The first kappa shape index (κ1) is 14.9. The van der Waals surface area contributed by atoms with Gasteiger partial charge in [-0.15, -0.1) is 0 Å². The molecule has 0 saturated heterocycles. The van der Waals surface area contributed by atoms with Gasteiger partial charge in [0.1, 0.15) is 24.7 Å². The quantitative estimate of drug-likeness (QED) is 0.798. The monoisotopic (exact) mass is 299 g/mol. The topological polar surface area (TPSA) is 39.7 Å². The second-order valence-corrected chi connectivity index (χ2v) is 5.27. The standard InChI is InChI=1S/C18H21NO3/c1-20-10-11-21-15-8-6-14(7-9-15)12-19-17-13-22-18-5-3-2-4-16(17)18/h2-9,17,19H,10-13H2,1H3/t17-/m1/s1. The molecule has 116 valence electrons. The van der Waals surface area contributed by atoms with Crippen molar-refractivity contribution < 1.29 is 14.2 Å². The molecule has 4 nitrogen and oxygen atoms in total. The van der Waals surface area contributed by atoms with E-state index in [9.17, 15) is 0 Å². The Morgan fingerprint density at radius 2 is 1.91 bits per heavy atom. The smallest absolute Gasteiger partial charge is 0.124 e. The Kier molecular flexibility index (Phi) is 4.93. The lowest BCUT2D eigenvalue weighted by molar-refractivity contribution is 0.146. The van der Waals surface area contributed by atoms with Crippen molar-refractivity contribution in [2.45, 2.75) is 12.6 Å². The van der Waals surface area contributed by atoms with Crippen LogP contribution in [0.15, 0.2) is 48.5 Å². The molecule has 1 N–H and O–H groups in total. The zero-order valence-corrected chi connectivity index (χ0v) is 12.7. The number of benzene rings is 2. The van der Waals surface area contributed by atoms with Crippen LogP contribution in [0.2, 0.25) is 0 Å². The van der Waals surface area contributed by atoms with Gasteiger partial charge in [0.05, 0.1) is 12.6 Å². The molecule has 0 saturated carbocycles. The van der Waals surface area contributed by atoms with Crippen molar-refractivity contribution in [2.24, 2.45) is 0 Å². The lowest BCUT2D eigenvalue weighted by Gasteiger charge is -2.12. The normalized spacial score (nSPS) is 16.1. The van der Waals surface area contributed by atoms with Crippen LogP contribution < -0.4 is 14.8 Å². The zero-order valence-electron chi connectivity index (χ0n) is 12.7. The minimum atomic E-state index is 0.258. The molecule has 2 aromatic rings. The molecule has 3 rings (SSSR count). The molecule has 1 atom stereocenters. The van der Waals surface area contributed by atoms with Crippen LogP contribution in [-0.4, -0.2) is 26.9 Å². The van der Waals surface area contributed by atoms with Gasteiger partial charge in [-0.05, 0) is 23.8 Å². The largest absolute Gasteiger partial charge is 0.491 e. The molecule has 0 bridgehead atoms. The summed E-state index contributed by atoms with van der Waals surface area (Å²) >= 11 is 0. The van der Waals surface area contributed by atoms with Gasteiger partial charge < -0.3 is 19.5 Å². The molecule has 2 aromatic carbocycles. The van der Waals surface area contributed by atoms with Gasteiger partial charge in [-0.2, -0.15) is 0 Å². The van der Waals surface area contributed by atoms with Crippen molar-refractivity contribution >= 4 is 0 Å². The number of methoxy groups -OCH3 is 1. The highest BCUT2D eigenvalue weighted by Gasteiger charge is 2.22. The maximum atomic E-state index is 5.68. The SMILES string of the molecule is COCCOc1ccc(CN[C@@H]2COc3ccccc32)cc1. The highest BCUT2D eigenvalue weighted by molar-refractivity contribution is 5.39. The number of hydrogen-bond acceptors (Lipinski definition) is 4. The summed E-state index contributed by atoms with van der Waals surface area (Å²) in [5.74, 6) is 1.86. The van der Waals surface area contributed by atoms with Crippen molar-refractivity contribution in [1.82, 2.24) is 5.32 Å². The van der Waals surface area contributed by atoms with Crippen LogP contribution in [0.5, 0.6) is 11.5 Å². The third-order valence-corrected chi connectivity index (χ3v) is 3.73. The molecule has 1 heterocycles. The van der Waals surface area contributed by atoms with E-state index in [1.54, 1.807) is 7.11 Å². The lowest BCUT2D eigenvalue weighted by atomic mass is 10.1. The third-order valence-electron chi connectivity index (χ3n) is 3.73. The maximum absolute atomic E-state index is 5.68. The molecular formula is C18H21NO3. The van der Waals surface area contributed by atoms with Crippen molar-refractivity contribution in [3.05, 3.63) is 59.7 Å².